The molecule has 0 aliphatic heterocycles. The fourth-order valence-corrected chi connectivity index (χ4v) is 8.54. The summed E-state index contributed by atoms with van der Waals surface area (Å²) in [5.74, 6) is 0. The number of hydrogen-bond donors (Lipinski definition) is 2. The standard InChI is InChI=1S/C30H60Br2N4/c1-5-35(6-2)29(19-13-9-14-20-29)23-25-33-27(31)17-11-12-18-28(32)34-26-24-30(36(7-3)8-4)21-15-10-16-22-30/h27-28,33-34H,5-26H2,1-4H3. The van der Waals surface area contributed by atoms with Crippen molar-refractivity contribution in [3.63, 3.8) is 0 Å². The maximum absolute atomic E-state index is 3.92. The van der Waals surface area contributed by atoms with E-state index in [-0.39, 0.29) is 0 Å². The molecule has 36 heavy (non-hydrogen) atoms. The fraction of sp³-hybridized carbons (Fsp3) is 1.00. The van der Waals surface area contributed by atoms with Crippen LogP contribution < -0.4 is 10.6 Å². The van der Waals surface area contributed by atoms with Crippen molar-refractivity contribution in [3.05, 3.63) is 0 Å². The van der Waals surface area contributed by atoms with Crippen molar-refractivity contribution in [2.45, 2.75) is 151 Å². The van der Waals surface area contributed by atoms with E-state index in [0.717, 1.165) is 13.1 Å². The molecule has 214 valence electrons. The summed E-state index contributed by atoms with van der Waals surface area (Å²) in [6.07, 6.45) is 21.6. The Balaban J connectivity index is 1.61. The van der Waals surface area contributed by atoms with E-state index in [9.17, 15) is 0 Å². The van der Waals surface area contributed by atoms with Gasteiger partial charge in [0.05, 0.1) is 9.90 Å². The summed E-state index contributed by atoms with van der Waals surface area (Å²) in [7, 11) is 0. The van der Waals surface area contributed by atoms with E-state index in [1.165, 1.54) is 129 Å². The molecule has 0 spiro atoms. The van der Waals surface area contributed by atoms with Crippen LogP contribution in [0, 0.1) is 0 Å². The van der Waals surface area contributed by atoms with E-state index >= 15 is 0 Å². The molecule has 0 radical (unpaired) electrons. The van der Waals surface area contributed by atoms with Crippen LogP contribution in [0.25, 0.3) is 0 Å². The Morgan fingerprint density at radius 3 is 1.22 bits per heavy atom. The molecule has 2 atom stereocenters. The summed E-state index contributed by atoms with van der Waals surface area (Å²) in [6, 6.07) is 0. The zero-order chi connectivity index (χ0) is 26.3. The lowest BCUT2D eigenvalue weighted by molar-refractivity contribution is 0.0511. The maximum Gasteiger partial charge on any atom is 0.0630 e. The predicted molar refractivity (Wildman–Crippen MR) is 167 cm³/mol. The highest BCUT2D eigenvalue weighted by Crippen LogP contribution is 2.37. The first kappa shape index (κ1) is 33.0. The fourth-order valence-electron chi connectivity index (χ4n) is 7.43. The zero-order valence-corrected chi connectivity index (χ0v) is 27.5. The van der Waals surface area contributed by atoms with Gasteiger partial charge in [0, 0.05) is 11.1 Å². The third kappa shape index (κ3) is 10.4. The van der Waals surface area contributed by atoms with Crippen molar-refractivity contribution in [1.29, 1.82) is 0 Å². The average molecular weight is 637 g/mol. The van der Waals surface area contributed by atoms with Crippen LogP contribution >= 0.6 is 31.9 Å². The van der Waals surface area contributed by atoms with Crippen molar-refractivity contribution >= 4 is 31.9 Å². The summed E-state index contributed by atoms with van der Waals surface area (Å²) in [4.78, 5) is 6.38. The molecule has 2 rings (SSSR count). The number of halogens is 2. The number of hydrogen-bond acceptors (Lipinski definition) is 4. The summed E-state index contributed by atoms with van der Waals surface area (Å²) in [5, 5.41) is 7.60. The van der Waals surface area contributed by atoms with Crippen molar-refractivity contribution in [2.24, 2.45) is 0 Å². The normalized spacial score (nSPS) is 21.7. The van der Waals surface area contributed by atoms with Crippen LogP contribution in [0.4, 0.5) is 0 Å². The van der Waals surface area contributed by atoms with Crippen LogP contribution in [-0.2, 0) is 0 Å². The molecule has 2 fully saturated rings. The molecule has 2 saturated carbocycles. The van der Waals surface area contributed by atoms with Crippen LogP contribution in [0.5, 0.6) is 0 Å². The molecule has 0 aromatic rings. The first-order valence-corrected chi connectivity index (χ1v) is 17.5. The van der Waals surface area contributed by atoms with Gasteiger partial charge in [-0.1, -0.05) is 111 Å². The van der Waals surface area contributed by atoms with Crippen molar-refractivity contribution in [1.82, 2.24) is 20.4 Å². The van der Waals surface area contributed by atoms with Crippen LogP contribution in [0.1, 0.15) is 130 Å². The van der Waals surface area contributed by atoms with E-state index in [4.69, 9.17) is 0 Å². The summed E-state index contributed by atoms with van der Waals surface area (Å²) >= 11 is 7.84. The van der Waals surface area contributed by atoms with Gasteiger partial charge in [-0.2, -0.15) is 0 Å². The first-order chi connectivity index (χ1) is 17.4. The molecule has 4 nitrogen and oxygen atoms in total. The van der Waals surface area contributed by atoms with Gasteiger partial charge in [-0.05, 0) is 90.6 Å². The molecular formula is C30H60Br2N4. The highest BCUT2D eigenvalue weighted by Gasteiger charge is 2.37. The van der Waals surface area contributed by atoms with E-state index < -0.39 is 0 Å². The topological polar surface area (TPSA) is 30.5 Å². The molecule has 2 unspecified atom stereocenters. The van der Waals surface area contributed by atoms with Crippen molar-refractivity contribution in [2.75, 3.05) is 39.3 Å². The second-order valence-corrected chi connectivity index (χ2v) is 13.8. The van der Waals surface area contributed by atoms with Crippen LogP contribution in [0.15, 0.2) is 0 Å². The average Bonchev–Trinajstić information content (AvgIpc) is 2.89. The zero-order valence-electron chi connectivity index (χ0n) is 24.4. The monoisotopic (exact) mass is 634 g/mol. The SMILES string of the molecule is CCN(CC)C1(CCNC(Br)CCCCC(Br)NCCC2(N(CC)CC)CCCCC2)CCCCC1. The second-order valence-electron chi connectivity index (χ2n) is 11.5. The lowest BCUT2D eigenvalue weighted by atomic mass is 9.77. The van der Waals surface area contributed by atoms with Gasteiger partial charge < -0.3 is 10.6 Å². The van der Waals surface area contributed by atoms with E-state index in [1.54, 1.807) is 0 Å². The van der Waals surface area contributed by atoms with Gasteiger partial charge in [0.2, 0.25) is 0 Å². The van der Waals surface area contributed by atoms with Gasteiger partial charge in [0.15, 0.2) is 0 Å². The molecule has 0 aromatic carbocycles. The maximum atomic E-state index is 3.92. The lowest BCUT2D eigenvalue weighted by Gasteiger charge is -2.46. The van der Waals surface area contributed by atoms with Crippen LogP contribution in [-0.4, -0.2) is 70.0 Å². The highest BCUT2D eigenvalue weighted by molar-refractivity contribution is 9.09. The Bertz CT molecular complexity index is 493. The first-order valence-electron chi connectivity index (χ1n) is 15.7. The lowest BCUT2D eigenvalue weighted by Crippen LogP contribution is -2.51. The Hall–Kier alpha value is 0.800. The molecule has 0 saturated heterocycles. The van der Waals surface area contributed by atoms with Gasteiger partial charge in [0.1, 0.15) is 0 Å². The van der Waals surface area contributed by atoms with Gasteiger partial charge in [0.25, 0.3) is 0 Å². The van der Waals surface area contributed by atoms with E-state index in [2.05, 4.69) is 80.0 Å². The summed E-state index contributed by atoms with van der Waals surface area (Å²) in [5.41, 5.74) is 0.885. The number of rotatable bonds is 19. The molecular weight excluding hydrogens is 576 g/mol. The minimum Gasteiger partial charge on any atom is -0.305 e. The Kier molecular flexibility index (Phi) is 16.7. The summed E-state index contributed by atoms with van der Waals surface area (Å²) < 4.78 is 0. The van der Waals surface area contributed by atoms with Crippen molar-refractivity contribution in [3.8, 4) is 0 Å². The Morgan fingerprint density at radius 2 is 0.917 bits per heavy atom. The minimum absolute atomic E-state index is 0.441. The van der Waals surface area contributed by atoms with Crippen LogP contribution in [0.3, 0.4) is 0 Å². The third-order valence-electron chi connectivity index (χ3n) is 9.51. The summed E-state index contributed by atoms with van der Waals surface area (Å²) in [6.45, 7) is 16.4. The highest BCUT2D eigenvalue weighted by atomic mass is 79.9. The number of alkyl halides is 2. The predicted octanol–water partition coefficient (Wildman–Crippen LogP) is 8.04. The molecule has 0 bridgehead atoms. The second kappa shape index (κ2) is 18.2. The van der Waals surface area contributed by atoms with Crippen LogP contribution in [0.2, 0.25) is 0 Å². The van der Waals surface area contributed by atoms with Gasteiger partial charge in [-0.3, -0.25) is 9.80 Å². The number of nitrogens with one attached hydrogen (secondary N) is 2. The van der Waals surface area contributed by atoms with E-state index in [0.29, 0.717) is 21.0 Å². The molecule has 0 amide bonds. The van der Waals surface area contributed by atoms with E-state index in [1.807, 2.05) is 0 Å². The van der Waals surface area contributed by atoms with Gasteiger partial charge in [-0.15, -0.1) is 0 Å². The quantitative estimate of drug-likeness (QED) is 0.0854. The Labute approximate surface area is 242 Å². The smallest absolute Gasteiger partial charge is 0.0630 e. The minimum atomic E-state index is 0.441. The molecule has 2 N–H and O–H groups in total. The molecule has 2 aliphatic carbocycles. The largest absolute Gasteiger partial charge is 0.305 e. The molecule has 6 heteroatoms. The van der Waals surface area contributed by atoms with Crippen molar-refractivity contribution < 1.29 is 0 Å². The molecule has 0 heterocycles. The molecule has 2 aliphatic rings. The molecule has 0 aromatic heterocycles. The third-order valence-corrected chi connectivity index (χ3v) is 11.1. The number of nitrogens with zero attached hydrogens (tertiary/aromatic N) is 2. The van der Waals surface area contributed by atoms with Gasteiger partial charge >= 0.3 is 0 Å². The number of unbranched alkanes of at least 4 members (excludes halogenated alkanes) is 1. The Morgan fingerprint density at radius 1 is 0.583 bits per heavy atom. The van der Waals surface area contributed by atoms with Gasteiger partial charge in [-0.25, -0.2) is 0 Å².